The zero-order valence-corrected chi connectivity index (χ0v) is 12.4. The maximum absolute atomic E-state index is 5.87. The molecule has 1 aromatic heterocycles. The minimum atomic E-state index is 0.203. The van der Waals surface area contributed by atoms with E-state index in [1.165, 1.54) is 5.56 Å². The second-order valence-corrected chi connectivity index (χ2v) is 4.98. The van der Waals surface area contributed by atoms with Crippen LogP contribution in [0.1, 0.15) is 12.0 Å². The fourth-order valence-electron chi connectivity index (χ4n) is 1.76. The molecule has 0 spiro atoms. The van der Waals surface area contributed by atoms with E-state index in [-0.39, 0.29) is 5.28 Å². The molecule has 1 heterocycles. The Morgan fingerprint density at radius 2 is 1.85 bits per heavy atom. The minimum Gasteiger partial charge on any atom is -0.354 e. The fourth-order valence-corrected chi connectivity index (χ4v) is 1.91. The van der Waals surface area contributed by atoms with Gasteiger partial charge in [0, 0.05) is 20.6 Å². The molecule has 2 aromatic rings. The van der Waals surface area contributed by atoms with Crippen LogP contribution in [0.15, 0.2) is 30.3 Å². The van der Waals surface area contributed by atoms with Crippen molar-refractivity contribution >= 4 is 23.5 Å². The third-order valence-electron chi connectivity index (χ3n) is 2.76. The van der Waals surface area contributed by atoms with Crippen molar-refractivity contribution in [2.45, 2.75) is 12.8 Å². The highest BCUT2D eigenvalue weighted by atomic mass is 35.5. The summed E-state index contributed by atoms with van der Waals surface area (Å²) in [6.45, 7) is 0.794. The van der Waals surface area contributed by atoms with Crippen molar-refractivity contribution in [3.8, 4) is 0 Å². The largest absolute Gasteiger partial charge is 0.354 e. The van der Waals surface area contributed by atoms with Crippen molar-refractivity contribution in [3.63, 3.8) is 0 Å². The van der Waals surface area contributed by atoms with Gasteiger partial charge in [-0.15, -0.1) is 0 Å². The van der Waals surface area contributed by atoms with E-state index in [2.05, 4.69) is 44.5 Å². The van der Waals surface area contributed by atoms with Gasteiger partial charge in [0.15, 0.2) is 0 Å². The molecule has 0 radical (unpaired) electrons. The van der Waals surface area contributed by atoms with Crippen LogP contribution in [-0.2, 0) is 6.42 Å². The lowest BCUT2D eigenvalue weighted by atomic mass is 10.1. The lowest BCUT2D eigenvalue weighted by Crippen LogP contribution is -2.15. The predicted molar refractivity (Wildman–Crippen MR) is 82.4 cm³/mol. The molecule has 6 heteroatoms. The summed E-state index contributed by atoms with van der Waals surface area (Å²) < 4.78 is 0. The van der Waals surface area contributed by atoms with Gasteiger partial charge in [0.25, 0.3) is 0 Å². The van der Waals surface area contributed by atoms with Gasteiger partial charge in [-0.25, -0.2) is 0 Å². The monoisotopic (exact) mass is 291 g/mol. The highest BCUT2D eigenvalue weighted by molar-refractivity contribution is 6.28. The Morgan fingerprint density at radius 3 is 2.55 bits per heavy atom. The maximum atomic E-state index is 5.87. The van der Waals surface area contributed by atoms with E-state index in [0.717, 1.165) is 19.4 Å². The number of halogens is 1. The average Bonchev–Trinajstić information content (AvgIpc) is 2.44. The predicted octanol–water partition coefficient (Wildman–Crippen LogP) is 2.64. The first-order chi connectivity index (χ1) is 9.65. The Balaban J connectivity index is 1.85. The molecule has 2 rings (SSSR count). The molecule has 1 N–H and O–H groups in total. The molecule has 0 aliphatic heterocycles. The van der Waals surface area contributed by atoms with E-state index >= 15 is 0 Å². The van der Waals surface area contributed by atoms with Crippen LogP contribution in [0.3, 0.4) is 0 Å². The zero-order valence-electron chi connectivity index (χ0n) is 11.7. The van der Waals surface area contributed by atoms with Crippen LogP contribution in [0.4, 0.5) is 11.9 Å². The van der Waals surface area contributed by atoms with Gasteiger partial charge in [-0.2, -0.15) is 15.0 Å². The first-order valence-corrected chi connectivity index (χ1v) is 6.89. The van der Waals surface area contributed by atoms with Crippen molar-refractivity contribution in [2.24, 2.45) is 0 Å². The average molecular weight is 292 g/mol. The minimum absolute atomic E-state index is 0.203. The van der Waals surface area contributed by atoms with Crippen LogP contribution in [0.2, 0.25) is 5.28 Å². The van der Waals surface area contributed by atoms with Gasteiger partial charge >= 0.3 is 0 Å². The highest BCUT2D eigenvalue weighted by Gasteiger charge is 2.05. The molecule has 1 aromatic carbocycles. The molecule has 20 heavy (non-hydrogen) atoms. The summed E-state index contributed by atoms with van der Waals surface area (Å²) in [5, 5.41) is 3.38. The second-order valence-electron chi connectivity index (χ2n) is 4.64. The zero-order chi connectivity index (χ0) is 14.4. The number of anilines is 2. The van der Waals surface area contributed by atoms with Gasteiger partial charge in [0.1, 0.15) is 0 Å². The van der Waals surface area contributed by atoms with Crippen molar-refractivity contribution in [1.29, 1.82) is 0 Å². The lowest BCUT2D eigenvalue weighted by Gasteiger charge is -2.11. The number of aryl methyl sites for hydroxylation is 1. The van der Waals surface area contributed by atoms with Gasteiger partial charge in [-0.05, 0) is 30.0 Å². The second kappa shape index (κ2) is 7.05. The van der Waals surface area contributed by atoms with Crippen molar-refractivity contribution < 1.29 is 0 Å². The number of aromatic nitrogens is 3. The van der Waals surface area contributed by atoms with Crippen LogP contribution in [0, 0.1) is 0 Å². The Morgan fingerprint density at radius 1 is 1.10 bits per heavy atom. The maximum Gasteiger partial charge on any atom is 0.230 e. The molecule has 0 amide bonds. The number of benzene rings is 1. The number of hydrogen-bond donors (Lipinski definition) is 1. The third kappa shape index (κ3) is 4.35. The van der Waals surface area contributed by atoms with E-state index in [1.54, 1.807) is 4.90 Å². The molecule has 0 atom stereocenters. The van der Waals surface area contributed by atoms with E-state index in [1.807, 2.05) is 20.2 Å². The molecule has 0 fully saturated rings. The van der Waals surface area contributed by atoms with Gasteiger partial charge < -0.3 is 10.2 Å². The van der Waals surface area contributed by atoms with E-state index < -0.39 is 0 Å². The summed E-state index contributed by atoms with van der Waals surface area (Å²) in [6.07, 6.45) is 2.03. The molecule has 0 aliphatic rings. The smallest absolute Gasteiger partial charge is 0.230 e. The van der Waals surface area contributed by atoms with Gasteiger partial charge in [-0.1, -0.05) is 30.3 Å². The van der Waals surface area contributed by atoms with Gasteiger partial charge in [0.2, 0.25) is 17.2 Å². The molecular weight excluding hydrogens is 274 g/mol. The molecule has 0 bridgehead atoms. The van der Waals surface area contributed by atoms with Gasteiger partial charge in [-0.3, -0.25) is 0 Å². The van der Waals surface area contributed by atoms with Gasteiger partial charge in [0.05, 0.1) is 0 Å². The number of rotatable bonds is 6. The fraction of sp³-hybridized carbons (Fsp3) is 0.357. The van der Waals surface area contributed by atoms with Crippen molar-refractivity contribution in [3.05, 3.63) is 41.2 Å². The Labute approximate surface area is 124 Å². The summed E-state index contributed by atoms with van der Waals surface area (Å²) in [4.78, 5) is 14.2. The first kappa shape index (κ1) is 14.5. The van der Waals surface area contributed by atoms with Crippen molar-refractivity contribution in [2.75, 3.05) is 30.9 Å². The SMILES string of the molecule is CN(C)c1nc(Cl)nc(NCCCc2ccccc2)n1. The summed E-state index contributed by atoms with van der Waals surface area (Å²) >= 11 is 5.87. The molecule has 0 unspecified atom stereocenters. The van der Waals surface area contributed by atoms with Crippen molar-refractivity contribution in [1.82, 2.24) is 15.0 Å². The van der Waals surface area contributed by atoms with Crippen LogP contribution in [0.25, 0.3) is 0 Å². The Bertz CT molecular complexity index is 545. The molecule has 5 nitrogen and oxygen atoms in total. The standard InChI is InChI=1S/C14H18ClN5/c1-20(2)14-18-12(15)17-13(19-14)16-10-6-9-11-7-4-3-5-8-11/h3-5,7-8H,6,9-10H2,1-2H3,(H,16,17,18,19). The normalized spacial score (nSPS) is 10.3. The van der Waals surface area contributed by atoms with E-state index in [0.29, 0.717) is 11.9 Å². The summed E-state index contributed by atoms with van der Waals surface area (Å²) in [7, 11) is 3.73. The number of nitrogens with one attached hydrogen (secondary N) is 1. The van der Waals surface area contributed by atoms with Crippen LogP contribution < -0.4 is 10.2 Å². The number of nitrogens with zero attached hydrogens (tertiary/aromatic N) is 4. The van der Waals surface area contributed by atoms with Crippen LogP contribution >= 0.6 is 11.6 Å². The highest BCUT2D eigenvalue weighted by Crippen LogP contribution is 2.11. The summed E-state index contributed by atoms with van der Waals surface area (Å²) in [6, 6.07) is 10.4. The quantitative estimate of drug-likeness (QED) is 0.829. The summed E-state index contributed by atoms with van der Waals surface area (Å²) in [5.41, 5.74) is 1.33. The summed E-state index contributed by atoms with van der Waals surface area (Å²) in [5.74, 6) is 1.07. The molecule has 106 valence electrons. The third-order valence-corrected chi connectivity index (χ3v) is 2.93. The Hall–Kier alpha value is -1.88. The van der Waals surface area contributed by atoms with E-state index in [9.17, 15) is 0 Å². The van der Waals surface area contributed by atoms with Crippen LogP contribution in [-0.4, -0.2) is 35.6 Å². The van der Waals surface area contributed by atoms with Crippen LogP contribution in [0.5, 0.6) is 0 Å². The molecule has 0 saturated heterocycles. The van der Waals surface area contributed by atoms with E-state index in [4.69, 9.17) is 11.6 Å². The molecule has 0 saturated carbocycles. The lowest BCUT2D eigenvalue weighted by molar-refractivity contribution is 0.846. The Kier molecular flexibility index (Phi) is 5.12. The number of hydrogen-bond acceptors (Lipinski definition) is 5. The molecular formula is C14H18ClN5. The molecule has 0 aliphatic carbocycles. The topological polar surface area (TPSA) is 53.9 Å². The first-order valence-electron chi connectivity index (χ1n) is 6.52.